The van der Waals surface area contributed by atoms with Gasteiger partial charge < -0.3 is 16.0 Å². The monoisotopic (exact) mass is 370 g/mol. The largest absolute Gasteiger partial charge is 0.346 e. The lowest BCUT2D eigenvalue weighted by atomic mass is 10.1. The van der Waals surface area contributed by atoms with Gasteiger partial charge in [0, 0.05) is 12.4 Å². The fraction of sp³-hybridized carbons (Fsp3) is 0.615. The SMILES string of the molecule is Cc1nc(CN(C)C(=O)CNC(=O)[C@@H](N)C(C)C)cs1.Cl.Cl. The van der Waals surface area contributed by atoms with Crippen molar-refractivity contribution in [3.05, 3.63) is 16.1 Å². The van der Waals surface area contributed by atoms with Crippen LogP contribution in [0.1, 0.15) is 24.5 Å². The number of hydrogen-bond acceptors (Lipinski definition) is 5. The number of likely N-dealkylation sites (N-methyl/N-ethyl adjacent to an activating group) is 1. The molecule has 0 bridgehead atoms. The van der Waals surface area contributed by atoms with E-state index in [9.17, 15) is 9.59 Å². The van der Waals surface area contributed by atoms with Gasteiger partial charge in [-0.25, -0.2) is 4.98 Å². The third-order valence-electron chi connectivity index (χ3n) is 2.93. The lowest BCUT2D eigenvalue weighted by Gasteiger charge is -2.18. The van der Waals surface area contributed by atoms with Gasteiger partial charge in [-0.1, -0.05) is 13.8 Å². The minimum absolute atomic E-state index is 0. The van der Waals surface area contributed by atoms with E-state index in [4.69, 9.17) is 5.73 Å². The van der Waals surface area contributed by atoms with Gasteiger partial charge in [0.1, 0.15) is 0 Å². The smallest absolute Gasteiger partial charge is 0.242 e. The second kappa shape index (κ2) is 10.8. The van der Waals surface area contributed by atoms with Crippen LogP contribution in [0.3, 0.4) is 0 Å². The van der Waals surface area contributed by atoms with E-state index >= 15 is 0 Å². The van der Waals surface area contributed by atoms with Crippen molar-refractivity contribution in [2.75, 3.05) is 13.6 Å². The Labute approximate surface area is 147 Å². The summed E-state index contributed by atoms with van der Waals surface area (Å²) in [6.07, 6.45) is 0. The molecular formula is C13H24Cl2N4O2S. The summed E-state index contributed by atoms with van der Waals surface area (Å²) < 4.78 is 0. The zero-order chi connectivity index (χ0) is 15.3. The summed E-state index contributed by atoms with van der Waals surface area (Å²) in [6.45, 7) is 6.04. The second-order valence-electron chi connectivity index (χ2n) is 5.10. The van der Waals surface area contributed by atoms with E-state index < -0.39 is 6.04 Å². The van der Waals surface area contributed by atoms with Gasteiger partial charge in [0.2, 0.25) is 11.8 Å². The van der Waals surface area contributed by atoms with Crippen molar-refractivity contribution in [1.82, 2.24) is 15.2 Å². The van der Waals surface area contributed by atoms with Crippen LogP contribution in [0.4, 0.5) is 0 Å². The zero-order valence-corrected chi connectivity index (χ0v) is 15.6. The fourth-order valence-corrected chi connectivity index (χ4v) is 2.13. The van der Waals surface area contributed by atoms with E-state index in [2.05, 4.69) is 10.3 Å². The van der Waals surface area contributed by atoms with Crippen molar-refractivity contribution in [1.29, 1.82) is 0 Å². The van der Waals surface area contributed by atoms with Crippen LogP contribution in [0.25, 0.3) is 0 Å². The number of nitrogens with zero attached hydrogens (tertiary/aromatic N) is 2. The molecular weight excluding hydrogens is 347 g/mol. The first kappa shape index (κ1) is 23.4. The average Bonchev–Trinajstić information content (AvgIpc) is 2.79. The molecule has 1 heterocycles. The quantitative estimate of drug-likeness (QED) is 0.790. The molecule has 0 aromatic carbocycles. The Kier molecular flexibility index (Phi) is 11.4. The Morgan fingerprint density at radius 3 is 2.45 bits per heavy atom. The molecule has 1 aromatic rings. The number of amides is 2. The van der Waals surface area contributed by atoms with E-state index in [-0.39, 0.29) is 49.1 Å². The van der Waals surface area contributed by atoms with Gasteiger partial charge in [0.05, 0.1) is 29.8 Å². The van der Waals surface area contributed by atoms with Crippen LogP contribution < -0.4 is 11.1 Å². The van der Waals surface area contributed by atoms with Crippen molar-refractivity contribution in [2.45, 2.75) is 33.4 Å². The Morgan fingerprint density at radius 2 is 2.00 bits per heavy atom. The number of carbonyl (C=O) groups excluding carboxylic acids is 2. The highest BCUT2D eigenvalue weighted by Crippen LogP contribution is 2.09. The van der Waals surface area contributed by atoms with Crippen molar-refractivity contribution >= 4 is 48.0 Å². The Hall–Kier alpha value is -0.890. The van der Waals surface area contributed by atoms with Crippen LogP contribution in [0.2, 0.25) is 0 Å². The molecule has 0 radical (unpaired) electrons. The number of halogens is 2. The molecule has 1 rings (SSSR count). The number of aromatic nitrogens is 1. The number of nitrogens with one attached hydrogen (secondary N) is 1. The molecule has 128 valence electrons. The van der Waals surface area contributed by atoms with Gasteiger partial charge >= 0.3 is 0 Å². The van der Waals surface area contributed by atoms with Crippen LogP contribution in [-0.2, 0) is 16.1 Å². The number of rotatable bonds is 6. The molecule has 0 saturated carbocycles. The lowest BCUT2D eigenvalue weighted by Crippen LogP contribution is -2.47. The standard InChI is InChI=1S/C13H22N4O2S.2ClH/c1-8(2)12(14)13(19)15-5-11(18)17(4)6-10-7-20-9(3)16-10;;/h7-8,12H,5-6,14H2,1-4H3,(H,15,19);2*1H/t12-;;/m0../s1. The third kappa shape index (κ3) is 7.40. The summed E-state index contributed by atoms with van der Waals surface area (Å²) in [5.74, 6) is -0.424. The van der Waals surface area contributed by atoms with Crippen molar-refractivity contribution in [3.63, 3.8) is 0 Å². The van der Waals surface area contributed by atoms with Gasteiger partial charge in [-0.05, 0) is 12.8 Å². The minimum Gasteiger partial charge on any atom is -0.346 e. The normalized spacial score (nSPS) is 11.2. The summed E-state index contributed by atoms with van der Waals surface area (Å²) in [7, 11) is 1.69. The van der Waals surface area contributed by atoms with Gasteiger partial charge in [0.25, 0.3) is 0 Å². The first-order chi connectivity index (χ1) is 9.31. The highest BCUT2D eigenvalue weighted by atomic mass is 35.5. The summed E-state index contributed by atoms with van der Waals surface area (Å²) in [5, 5.41) is 5.45. The molecule has 0 aliphatic carbocycles. The fourth-order valence-electron chi connectivity index (χ4n) is 1.53. The minimum atomic E-state index is -0.589. The molecule has 6 nitrogen and oxygen atoms in total. The summed E-state index contributed by atoms with van der Waals surface area (Å²) in [5.41, 5.74) is 6.56. The Bertz CT molecular complexity index is 482. The first-order valence-corrected chi connectivity index (χ1v) is 7.37. The predicted octanol–water partition coefficient (Wildman–Crippen LogP) is 1.35. The molecule has 1 atom stereocenters. The van der Waals surface area contributed by atoms with Gasteiger partial charge in [-0.15, -0.1) is 36.2 Å². The zero-order valence-electron chi connectivity index (χ0n) is 13.2. The van der Waals surface area contributed by atoms with E-state index in [0.29, 0.717) is 6.54 Å². The maximum absolute atomic E-state index is 11.9. The highest BCUT2D eigenvalue weighted by molar-refractivity contribution is 7.09. The van der Waals surface area contributed by atoms with Crippen molar-refractivity contribution in [3.8, 4) is 0 Å². The lowest BCUT2D eigenvalue weighted by molar-refractivity contribution is -0.132. The number of thiazole rings is 1. The number of nitrogens with two attached hydrogens (primary N) is 1. The van der Waals surface area contributed by atoms with E-state index in [1.165, 1.54) is 4.90 Å². The maximum atomic E-state index is 11.9. The molecule has 2 amide bonds. The van der Waals surface area contributed by atoms with Crippen molar-refractivity contribution < 1.29 is 9.59 Å². The highest BCUT2D eigenvalue weighted by Gasteiger charge is 2.18. The van der Waals surface area contributed by atoms with Crippen LogP contribution >= 0.6 is 36.2 Å². The first-order valence-electron chi connectivity index (χ1n) is 6.49. The summed E-state index contributed by atoms with van der Waals surface area (Å²) >= 11 is 1.55. The van der Waals surface area contributed by atoms with Crippen LogP contribution in [-0.4, -0.2) is 41.3 Å². The Balaban J connectivity index is 0. The van der Waals surface area contributed by atoms with Crippen LogP contribution in [0, 0.1) is 12.8 Å². The molecule has 0 unspecified atom stereocenters. The topological polar surface area (TPSA) is 88.3 Å². The predicted molar refractivity (Wildman–Crippen MR) is 93.6 cm³/mol. The van der Waals surface area contributed by atoms with Gasteiger partial charge in [0.15, 0.2) is 0 Å². The van der Waals surface area contributed by atoms with Crippen LogP contribution in [0.15, 0.2) is 5.38 Å². The van der Waals surface area contributed by atoms with E-state index in [1.807, 2.05) is 26.2 Å². The van der Waals surface area contributed by atoms with E-state index in [0.717, 1.165) is 10.7 Å². The van der Waals surface area contributed by atoms with Gasteiger partial charge in [-0.2, -0.15) is 0 Å². The second-order valence-corrected chi connectivity index (χ2v) is 6.16. The third-order valence-corrected chi connectivity index (χ3v) is 3.75. The van der Waals surface area contributed by atoms with Gasteiger partial charge in [-0.3, -0.25) is 9.59 Å². The molecule has 0 aliphatic rings. The number of hydrogen-bond donors (Lipinski definition) is 2. The number of aryl methyl sites for hydroxylation is 1. The average molecular weight is 371 g/mol. The maximum Gasteiger partial charge on any atom is 0.242 e. The molecule has 3 N–H and O–H groups in total. The molecule has 0 saturated heterocycles. The number of carbonyl (C=O) groups is 2. The Morgan fingerprint density at radius 1 is 1.41 bits per heavy atom. The molecule has 22 heavy (non-hydrogen) atoms. The van der Waals surface area contributed by atoms with E-state index in [1.54, 1.807) is 18.4 Å². The molecule has 1 aromatic heterocycles. The summed E-state index contributed by atoms with van der Waals surface area (Å²) in [6, 6.07) is -0.589. The molecule has 0 spiro atoms. The van der Waals surface area contributed by atoms with Crippen molar-refractivity contribution in [2.24, 2.45) is 11.7 Å². The molecule has 0 aliphatic heterocycles. The summed E-state index contributed by atoms with van der Waals surface area (Å²) in [4.78, 5) is 29.4. The van der Waals surface area contributed by atoms with Crippen LogP contribution in [0.5, 0.6) is 0 Å². The molecule has 9 heteroatoms. The molecule has 0 fully saturated rings.